The van der Waals surface area contributed by atoms with E-state index < -0.39 is 0 Å². The molecule has 1 rings (SSSR count). The fraction of sp³-hybridized carbons (Fsp3) is 0.500. The Morgan fingerprint density at radius 3 is 2.47 bits per heavy atom. The zero-order chi connectivity index (χ0) is 12.1. The van der Waals surface area contributed by atoms with Crippen molar-refractivity contribution in [2.75, 3.05) is 6.61 Å². The highest BCUT2D eigenvalue weighted by molar-refractivity contribution is 6.35. The Balaban J connectivity index is 0.00000256. The number of hydrogen-bond donors (Lipinski definition) is 1. The first kappa shape index (κ1) is 16.9. The summed E-state index contributed by atoms with van der Waals surface area (Å²) in [4.78, 5) is 0. The van der Waals surface area contributed by atoms with Gasteiger partial charge in [-0.05, 0) is 19.1 Å². The second-order valence-corrected chi connectivity index (χ2v) is 4.69. The third kappa shape index (κ3) is 5.35. The quantitative estimate of drug-likeness (QED) is 0.874. The molecular formula is C12H18Cl3NO. The minimum absolute atomic E-state index is 0. The van der Waals surface area contributed by atoms with Crippen molar-refractivity contribution in [3.63, 3.8) is 0 Å². The lowest BCUT2D eigenvalue weighted by molar-refractivity contribution is 0.335. The van der Waals surface area contributed by atoms with Crippen molar-refractivity contribution in [1.82, 2.24) is 5.32 Å². The number of benzene rings is 1. The van der Waals surface area contributed by atoms with Gasteiger partial charge in [0.05, 0.1) is 11.6 Å². The van der Waals surface area contributed by atoms with Crippen LogP contribution in [0.15, 0.2) is 12.1 Å². The molecule has 0 unspecified atom stereocenters. The van der Waals surface area contributed by atoms with Crippen molar-refractivity contribution in [2.45, 2.75) is 33.4 Å². The van der Waals surface area contributed by atoms with Crippen LogP contribution in [0, 0.1) is 0 Å². The average molecular weight is 299 g/mol. The fourth-order valence-electron chi connectivity index (χ4n) is 1.37. The van der Waals surface area contributed by atoms with E-state index in [2.05, 4.69) is 19.2 Å². The van der Waals surface area contributed by atoms with E-state index in [9.17, 15) is 0 Å². The molecule has 0 aliphatic heterocycles. The molecular weight excluding hydrogens is 280 g/mol. The van der Waals surface area contributed by atoms with Crippen LogP contribution in [-0.4, -0.2) is 12.6 Å². The zero-order valence-electron chi connectivity index (χ0n) is 10.2. The third-order valence-corrected chi connectivity index (χ3v) is 2.57. The average Bonchev–Trinajstić information content (AvgIpc) is 2.19. The van der Waals surface area contributed by atoms with Gasteiger partial charge in [-0.3, -0.25) is 0 Å². The molecule has 0 radical (unpaired) electrons. The Hall–Kier alpha value is -0.150. The second-order valence-electron chi connectivity index (χ2n) is 3.84. The molecule has 0 spiro atoms. The molecule has 98 valence electrons. The van der Waals surface area contributed by atoms with E-state index in [4.69, 9.17) is 27.9 Å². The van der Waals surface area contributed by atoms with E-state index in [1.54, 1.807) is 6.07 Å². The van der Waals surface area contributed by atoms with Crippen molar-refractivity contribution in [2.24, 2.45) is 0 Å². The molecule has 0 aliphatic carbocycles. The van der Waals surface area contributed by atoms with Gasteiger partial charge >= 0.3 is 0 Å². The van der Waals surface area contributed by atoms with Crippen LogP contribution in [0.1, 0.15) is 26.3 Å². The van der Waals surface area contributed by atoms with E-state index in [-0.39, 0.29) is 12.4 Å². The van der Waals surface area contributed by atoms with Crippen molar-refractivity contribution in [1.29, 1.82) is 0 Å². The maximum Gasteiger partial charge on any atom is 0.142 e. The molecule has 0 bridgehead atoms. The van der Waals surface area contributed by atoms with Gasteiger partial charge < -0.3 is 10.1 Å². The molecule has 0 fully saturated rings. The molecule has 0 amide bonds. The minimum atomic E-state index is 0. The fourth-order valence-corrected chi connectivity index (χ4v) is 1.96. The SMILES string of the molecule is CCOc1c(Cl)cc(Cl)cc1CNC(C)C.Cl. The smallest absolute Gasteiger partial charge is 0.142 e. The van der Waals surface area contributed by atoms with Crippen LogP contribution in [0.3, 0.4) is 0 Å². The molecule has 0 aliphatic rings. The number of ether oxygens (including phenoxy) is 1. The summed E-state index contributed by atoms with van der Waals surface area (Å²) in [6, 6.07) is 3.99. The lowest BCUT2D eigenvalue weighted by Gasteiger charge is -2.14. The summed E-state index contributed by atoms with van der Waals surface area (Å²) in [7, 11) is 0. The van der Waals surface area contributed by atoms with Crippen LogP contribution >= 0.6 is 35.6 Å². The van der Waals surface area contributed by atoms with E-state index >= 15 is 0 Å². The summed E-state index contributed by atoms with van der Waals surface area (Å²) in [5.74, 6) is 0.724. The van der Waals surface area contributed by atoms with Crippen LogP contribution in [0.2, 0.25) is 10.0 Å². The van der Waals surface area contributed by atoms with Gasteiger partial charge in [-0.1, -0.05) is 37.0 Å². The second kappa shape index (κ2) is 8.04. The highest BCUT2D eigenvalue weighted by atomic mass is 35.5. The normalized spacial score (nSPS) is 10.2. The Kier molecular flexibility index (Phi) is 7.97. The monoisotopic (exact) mass is 297 g/mol. The predicted octanol–water partition coefficient (Wildman–Crippen LogP) is 4.31. The van der Waals surface area contributed by atoms with Crippen molar-refractivity contribution >= 4 is 35.6 Å². The predicted molar refractivity (Wildman–Crippen MR) is 76.9 cm³/mol. The Morgan fingerprint density at radius 2 is 1.94 bits per heavy atom. The number of hydrogen-bond acceptors (Lipinski definition) is 2. The van der Waals surface area contributed by atoms with Gasteiger partial charge in [-0.15, -0.1) is 12.4 Å². The molecule has 2 nitrogen and oxygen atoms in total. The Morgan fingerprint density at radius 1 is 1.29 bits per heavy atom. The third-order valence-electron chi connectivity index (χ3n) is 2.07. The first-order valence-corrected chi connectivity index (χ1v) is 6.14. The highest BCUT2D eigenvalue weighted by Gasteiger charge is 2.10. The maximum absolute atomic E-state index is 6.09. The van der Waals surface area contributed by atoms with Crippen LogP contribution < -0.4 is 10.1 Å². The topological polar surface area (TPSA) is 21.3 Å². The van der Waals surface area contributed by atoms with Gasteiger partial charge in [0.25, 0.3) is 0 Å². The Labute approximate surface area is 119 Å². The molecule has 0 saturated carbocycles. The largest absolute Gasteiger partial charge is 0.492 e. The van der Waals surface area contributed by atoms with Crippen molar-refractivity contribution < 1.29 is 4.74 Å². The minimum Gasteiger partial charge on any atom is -0.492 e. The molecule has 0 atom stereocenters. The summed E-state index contributed by atoms with van der Waals surface area (Å²) in [5.41, 5.74) is 0.994. The number of halogens is 3. The first-order chi connectivity index (χ1) is 7.54. The van der Waals surface area contributed by atoms with Crippen molar-refractivity contribution in [3.05, 3.63) is 27.7 Å². The number of rotatable bonds is 5. The lowest BCUT2D eigenvalue weighted by Crippen LogP contribution is -2.22. The number of nitrogens with one attached hydrogen (secondary N) is 1. The maximum atomic E-state index is 6.09. The molecule has 1 aromatic rings. The van der Waals surface area contributed by atoms with Gasteiger partial charge in [-0.25, -0.2) is 0 Å². The Bertz CT molecular complexity index is 356. The standard InChI is InChI=1S/C12H17Cl2NO.ClH/c1-4-16-12-9(7-15-8(2)3)5-10(13)6-11(12)14;/h5-6,8,15H,4,7H2,1-3H3;1H. The molecule has 5 heteroatoms. The van der Waals surface area contributed by atoms with E-state index in [1.165, 1.54) is 0 Å². The van der Waals surface area contributed by atoms with E-state index in [0.29, 0.717) is 29.2 Å². The molecule has 0 aromatic heterocycles. The van der Waals surface area contributed by atoms with Crippen LogP contribution in [0.5, 0.6) is 5.75 Å². The van der Waals surface area contributed by atoms with Gasteiger partial charge in [0.2, 0.25) is 0 Å². The van der Waals surface area contributed by atoms with E-state index in [1.807, 2.05) is 13.0 Å². The molecule has 0 saturated heterocycles. The highest BCUT2D eigenvalue weighted by Crippen LogP contribution is 2.32. The van der Waals surface area contributed by atoms with Crippen LogP contribution in [0.25, 0.3) is 0 Å². The summed E-state index contributed by atoms with van der Waals surface area (Å²) in [6.45, 7) is 7.41. The van der Waals surface area contributed by atoms with Gasteiger partial charge in [0.1, 0.15) is 5.75 Å². The molecule has 1 aromatic carbocycles. The molecule has 0 heterocycles. The van der Waals surface area contributed by atoms with Crippen LogP contribution in [0.4, 0.5) is 0 Å². The molecule has 17 heavy (non-hydrogen) atoms. The zero-order valence-corrected chi connectivity index (χ0v) is 12.5. The van der Waals surface area contributed by atoms with Crippen LogP contribution in [-0.2, 0) is 6.54 Å². The van der Waals surface area contributed by atoms with Gasteiger partial charge in [0, 0.05) is 23.2 Å². The van der Waals surface area contributed by atoms with Crippen molar-refractivity contribution in [3.8, 4) is 5.75 Å². The first-order valence-electron chi connectivity index (χ1n) is 5.38. The van der Waals surface area contributed by atoms with Gasteiger partial charge in [0.15, 0.2) is 0 Å². The lowest BCUT2D eigenvalue weighted by atomic mass is 10.2. The summed E-state index contributed by atoms with van der Waals surface area (Å²) in [5, 5.41) is 4.52. The van der Waals surface area contributed by atoms with E-state index in [0.717, 1.165) is 11.3 Å². The molecule has 1 N–H and O–H groups in total. The summed E-state index contributed by atoms with van der Waals surface area (Å²) < 4.78 is 5.52. The summed E-state index contributed by atoms with van der Waals surface area (Å²) >= 11 is 12.1. The van der Waals surface area contributed by atoms with Gasteiger partial charge in [-0.2, -0.15) is 0 Å². The summed E-state index contributed by atoms with van der Waals surface area (Å²) in [6.07, 6.45) is 0.